The van der Waals surface area contributed by atoms with Gasteiger partial charge < -0.3 is 24.1 Å². The van der Waals surface area contributed by atoms with Gasteiger partial charge in [0, 0.05) is 0 Å². The van der Waals surface area contributed by atoms with Crippen molar-refractivity contribution in [3.8, 4) is 11.5 Å². The smallest absolute Gasteiger partial charge is 0.338 e. The normalized spacial score (nSPS) is 22.8. The number of carbonyl (C=O) groups is 1. The van der Waals surface area contributed by atoms with Crippen molar-refractivity contribution in [3.05, 3.63) is 59.7 Å². The van der Waals surface area contributed by atoms with E-state index in [-0.39, 0.29) is 5.92 Å². The van der Waals surface area contributed by atoms with E-state index in [2.05, 4.69) is 0 Å². The summed E-state index contributed by atoms with van der Waals surface area (Å²) in [7, 11) is 3.20. The van der Waals surface area contributed by atoms with Crippen LogP contribution in [0.2, 0.25) is 0 Å². The molecule has 0 aliphatic carbocycles. The van der Waals surface area contributed by atoms with E-state index in [0.717, 1.165) is 16.9 Å². The third-order valence-electron chi connectivity index (χ3n) is 4.99. The lowest BCUT2D eigenvalue weighted by atomic mass is 9.94. The summed E-state index contributed by atoms with van der Waals surface area (Å²) in [4.78, 5) is 12.6. The first-order chi connectivity index (χ1) is 13.9. The fraction of sp³-hybridized carbons (Fsp3) is 0.435. The first kappa shape index (κ1) is 21.1. The number of ether oxygens (including phenoxy) is 4. The molecule has 1 fully saturated rings. The molecule has 0 spiro atoms. The summed E-state index contributed by atoms with van der Waals surface area (Å²) >= 11 is 0. The summed E-state index contributed by atoms with van der Waals surface area (Å²) < 4.78 is 22.4. The second-order valence-electron chi connectivity index (χ2n) is 7.58. The summed E-state index contributed by atoms with van der Waals surface area (Å²) in [5.41, 5.74) is 1.62. The Morgan fingerprint density at radius 3 is 1.83 bits per heavy atom. The molecule has 0 radical (unpaired) electrons. The average molecular weight is 400 g/mol. The molecule has 1 saturated heterocycles. The number of aliphatic hydroxyl groups is 1. The van der Waals surface area contributed by atoms with Crippen LogP contribution >= 0.6 is 0 Å². The van der Waals surface area contributed by atoms with Crippen molar-refractivity contribution < 1.29 is 28.8 Å². The van der Waals surface area contributed by atoms with Gasteiger partial charge in [-0.05, 0) is 47.7 Å². The van der Waals surface area contributed by atoms with Crippen LogP contribution in [-0.4, -0.2) is 37.5 Å². The number of carbonyl (C=O) groups excluding carboxylic acids is 1. The molecule has 6 heteroatoms. The van der Waals surface area contributed by atoms with E-state index in [9.17, 15) is 9.90 Å². The van der Waals surface area contributed by atoms with Crippen LogP contribution in [0, 0.1) is 5.92 Å². The topological polar surface area (TPSA) is 74.2 Å². The molecule has 1 N–H and O–H groups in total. The minimum atomic E-state index is -1.03. The highest BCUT2D eigenvalue weighted by Crippen LogP contribution is 2.41. The van der Waals surface area contributed by atoms with Crippen molar-refractivity contribution in [3.63, 3.8) is 0 Å². The Morgan fingerprint density at radius 1 is 0.897 bits per heavy atom. The molecule has 0 saturated carbocycles. The highest BCUT2D eigenvalue weighted by Gasteiger charge is 2.43. The number of hydrogen-bond acceptors (Lipinski definition) is 6. The van der Waals surface area contributed by atoms with E-state index in [1.165, 1.54) is 0 Å². The van der Waals surface area contributed by atoms with Gasteiger partial charge in [-0.15, -0.1) is 0 Å². The zero-order valence-corrected chi connectivity index (χ0v) is 17.2. The predicted molar refractivity (Wildman–Crippen MR) is 108 cm³/mol. The predicted octanol–water partition coefficient (Wildman–Crippen LogP) is 3.84. The first-order valence-corrected chi connectivity index (χ1v) is 9.74. The van der Waals surface area contributed by atoms with Gasteiger partial charge >= 0.3 is 5.97 Å². The van der Waals surface area contributed by atoms with E-state index in [0.29, 0.717) is 12.2 Å². The molecule has 1 aliphatic rings. The summed E-state index contributed by atoms with van der Waals surface area (Å²) in [6, 6.07) is 14.8. The molecule has 29 heavy (non-hydrogen) atoms. The quantitative estimate of drug-likeness (QED) is 0.712. The summed E-state index contributed by atoms with van der Waals surface area (Å²) in [5, 5.41) is 10.5. The van der Waals surface area contributed by atoms with Crippen LogP contribution in [0.4, 0.5) is 0 Å². The van der Waals surface area contributed by atoms with E-state index in [4.69, 9.17) is 18.9 Å². The highest BCUT2D eigenvalue weighted by molar-refractivity contribution is 5.76. The van der Waals surface area contributed by atoms with E-state index in [1.807, 2.05) is 62.4 Å². The molecule has 3 rings (SSSR count). The van der Waals surface area contributed by atoms with Crippen LogP contribution in [0.3, 0.4) is 0 Å². The molecule has 156 valence electrons. The standard InChI is InChI=1S/C23H28O6/c1-14(2)13-19(24)22-23(25)29-21(16-7-11-18(27-4)12-8-16)20(28-22)15-5-9-17(26-3)10-6-15/h5-12,14,19-22,24H,13H2,1-4H3/t19-,20-,21-,22-/m0/s1. The number of hydrogen-bond donors (Lipinski definition) is 1. The van der Waals surface area contributed by atoms with Crippen molar-refractivity contribution in [2.45, 2.75) is 44.7 Å². The van der Waals surface area contributed by atoms with Crippen molar-refractivity contribution in [2.24, 2.45) is 5.92 Å². The van der Waals surface area contributed by atoms with Gasteiger partial charge in [-0.25, -0.2) is 4.79 Å². The van der Waals surface area contributed by atoms with Crippen LogP contribution < -0.4 is 9.47 Å². The lowest BCUT2D eigenvalue weighted by Gasteiger charge is -2.38. The van der Waals surface area contributed by atoms with Crippen LogP contribution in [-0.2, 0) is 14.3 Å². The van der Waals surface area contributed by atoms with Gasteiger partial charge in [0.05, 0.1) is 20.3 Å². The number of aliphatic hydroxyl groups excluding tert-OH is 1. The number of esters is 1. The second kappa shape index (κ2) is 9.29. The van der Waals surface area contributed by atoms with Crippen molar-refractivity contribution in [2.75, 3.05) is 14.2 Å². The van der Waals surface area contributed by atoms with Crippen molar-refractivity contribution in [1.29, 1.82) is 0 Å². The van der Waals surface area contributed by atoms with Crippen LogP contribution in [0.15, 0.2) is 48.5 Å². The lowest BCUT2D eigenvalue weighted by molar-refractivity contribution is -0.217. The van der Waals surface area contributed by atoms with Gasteiger partial charge in [-0.2, -0.15) is 0 Å². The zero-order chi connectivity index (χ0) is 21.0. The molecular formula is C23H28O6. The lowest BCUT2D eigenvalue weighted by Crippen LogP contribution is -2.45. The molecule has 0 bridgehead atoms. The first-order valence-electron chi connectivity index (χ1n) is 9.74. The molecule has 2 aromatic carbocycles. The molecular weight excluding hydrogens is 372 g/mol. The fourth-order valence-electron chi connectivity index (χ4n) is 3.48. The fourth-order valence-corrected chi connectivity index (χ4v) is 3.48. The van der Waals surface area contributed by atoms with E-state index in [1.54, 1.807) is 14.2 Å². The maximum absolute atomic E-state index is 12.6. The Morgan fingerprint density at radius 2 is 1.38 bits per heavy atom. The molecule has 2 aromatic rings. The second-order valence-corrected chi connectivity index (χ2v) is 7.58. The van der Waals surface area contributed by atoms with Gasteiger partial charge in [0.15, 0.2) is 12.2 Å². The Balaban J connectivity index is 1.93. The third-order valence-corrected chi connectivity index (χ3v) is 4.99. The molecule has 1 aliphatic heterocycles. The Labute approximate surface area is 171 Å². The molecule has 4 atom stereocenters. The highest BCUT2D eigenvalue weighted by atomic mass is 16.6. The van der Waals surface area contributed by atoms with Crippen LogP contribution in [0.5, 0.6) is 11.5 Å². The number of cyclic esters (lactones) is 1. The Hall–Kier alpha value is -2.57. The van der Waals surface area contributed by atoms with Gasteiger partial charge in [0.25, 0.3) is 0 Å². The van der Waals surface area contributed by atoms with Gasteiger partial charge in [-0.1, -0.05) is 38.1 Å². The molecule has 1 heterocycles. The summed E-state index contributed by atoms with van der Waals surface area (Å²) in [5.74, 6) is 1.10. The molecule has 6 nitrogen and oxygen atoms in total. The van der Waals surface area contributed by atoms with Crippen LogP contribution in [0.1, 0.15) is 43.6 Å². The average Bonchev–Trinajstić information content (AvgIpc) is 2.73. The molecule has 0 unspecified atom stereocenters. The van der Waals surface area contributed by atoms with Gasteiger partial charge in [0.1, 0.15) is 17.6 Å². The summed E-state index contributed by atoms with van der Waals surface area (Å²) in [6.45, 7) is 3.97. The Kier molecular flexibility index (Phi) is 6.77. The van der Waals surface area contributed by atoms with Crippen molar-refractivity contribution in [1.82, 2.24) is 0 Å². The summed E-state index contributed by atoms with van der Waals surface area (Å²) in [6.07, 6.45) is -2.70. The van der Waals surface area contributed by atoms with Crippen molar-refractivity contribution >= 4 is 5.97 Å². The van der Waals surface area contributed by atoms with E-state index < -0.39 is 30.4 Å². The van der Waals surface area contributed by atoms with Gasteiger partial charge in [0.2, 0.25) is 0 Å². The number of methoxy groups -OCH3 is 2. The SMILES string of the molecule is COc1ccc([C@@H]2OC(=O)[C@H]([C@@H](O)CC(C)C)O[C@H]2c2ccc(OC)cc2)cc1. The molecule has 0 amide bonds. The van der Waals surface area contributed by atoms with E-state index >= 15 is 0 Å². The zero-order valence-electron chi connectivity index (χ0n) is 17.2. The maximum atomic E-state index is 12.6. The molecule has 0 aromatic heterocycles. The van der Waals surface area contributed by atoms with Gasteiger partial charge in [-0.3, -0.25) is 0 Å². The number of benzene rings is 2. The number of rotatable bonds is 7. The minimum absolute atomic E-state index is 0.222. The third kappa shape index (κ3) is 4.89. The van der Waals surface area contributed by atoms with Crippen LogP contribution in [0.25, 0.3) is 0 Å². The largest absolute Gasteiger partial charge is 0.497 e. The monoisotopic (exact) mass is 400 g/mol. The maximum Gasteiger partial charge on any atom is 0.338 e. The minimum Gasteiger partial charge on any atom is -0.497 e. The Bertz CT molecular complexity index is 799.